The van der Waals surface area contributed by atoms with Crippen LogP contribution >= 0.6 is 0 Å². The molecule has 0 heterocycles. The van der Waals surface area contributed by atoms with Crippen molar-refractivity contribution in [3.63, 3.8) is 0 Å². The molecule has 0 bridgehead atoms. The van der Waals surface area contributed by atoms with E-state index in [2.05, 4.69) is 4.72 Å². The number of unbranched alkanes of at least 4 members (excludes halogenated alkanes) is 2. The number of hydrogen-bond acceptors (Lipinski definition) is 4. The Balaban J connectivity index is 2.46. The van der Waals surface area contributed by atoms with Crippen LogP contribution in [0.1, 0.15) is 24.8 Å². The molecule has 1 rings (SSSR count). The summed E-state index contributed by atoms with van der Waals surface area (Å²) in [5, 5.41) is 8.56. The number of ether oxygens (including phenoxy) is 1. The Labute approximate surface area is 120 Å². The summed E-state index contributed by atoms with van der Waals surface area (Å²) in [4.78, 5) is 0.232. The first kappa shape index (κ1) is 16.6. The van der Waals surface area contributed by atoms with Gasteiger partial charge in [0.1, 0.15) is 0 Å². The molecule has 20 heavy (non-hydrogen) atoms. The van der Waals surface area contributed by atoms with Gasteiger partial charge in [0.2, 0.25) is 10.0 Å². The third kappa shape index (κ3) is 5.70. The molecular formula is C14H20N2O3S. The monoisotopic (exact) mass is 296 g/mol. The minimum atomic E-state index is -3.45. The fourth-order valence-corrected chi connectivity index (χ4v) is 2.79. The number of nitrogens with one attached hydrogen (secondary N) is 1. The van der Waals surface area contributed by atoms with Crippen LogP contribution in [0, 0.1) is 11.3 Å². The Kier molecular flexibility index (Phi) is 7.23. The van der Waals surface area contributed by atoms with Gasteiger partial charge in [-0.05, 0) is 37.0 Å². The second-order valence-corrected chi connectivity index (χ2v) is 6.20. The molecule has 0 amide bonds. The molecule has 0 unspecified atom stereocenters. The predicted molar refractivity (Wildman–Crippen MR) is 76.7 cm³/mol. The number of benzene rings is 1. The molecule has 0 aliphatic rings. The van der Waals surface area contributed by atoms with Gasteiger partial charge in [0.05, 0.1) is 17.4 Å². The number of hydrogen-bond donors (Lipinski definition) is 1. The van der Waals surface area contributed by atoms with Crippen LogP contribution < -0.4 is 4.72 Å². The van der Waals surface area contributed by atoms with Gasteiger partial charge in [0.25, 0.3) is 0 Å². The fourth-order valence-electron chi connectivity index (χ4n) is 1.72. The Bertz CT molecular complexity index is 533. The average Bonchev–Trinajstić information content (AvgIpc) is 2.44. The fraction of sp³-hybridized carbons (Fsp3) is 0.500. The molecule has 0 saturated heterocycles. The predicted octanol–water partition coefficient (Wildman–Crippen LogP) is 1.85. The van der Waals surface area contributed by atoms with Gasteiger partial charge in [-0.25, -0.2) is 13.1 Å². The molecule has 0 atom stereocenters. The quantitative estimate of drug-likeness (QED) is 0.705. The first-order valence-corrected chi connectivity index (χ1v) is 8.03. The molecule has 1 N–H and O–H groups in total. The molecular weight excluding hydrogens is 276 g/mol. The molecule has 0 aliphatic heterocycles. The highest BCUT2D eigenvalue weighted by Crippen LogP contribution is 2.11. The number of methoxy groups -OCH3 is 1. The second kappa shape index (κ2) is 8.69. The minimum absolute atomic E-state index is 0.232. The topological polar surface area (TPSA) is 79.2 Å². The van der Waals surface area contributed by atoms with Gasteiger partial charge in [-0.1, -0.05) is 12.1 Å². The standard InChI is InChI=1S/C14H20N2O3S/c1-19-12-4-2-3-11-16-20(17,18)14-7-5-13(6-8-14)9-10-15/h5-8,16H,2-4,9,11-12H2,1H3. The maximum atomic E-state index is 12.0. The molecule has 5 nitrogen and oxygen atoms in total. The van der Waals surface area contributed by atoms with E-state index < -0.39 is 10.0 Å². The van der Waals surface area contributed by atoms with Gasteiger partial charge >= 0.3 is 0 Å². The molecule has 110 valence electrons. The zero-order chi connectivity index (χ0) is 14.8. The van der Waals surface area contributed by atoms with E-state index in [9.17, 15) is 8.42 Å². The highest BCUT2D eigenvalue weighted by molar-refractivity contribution is 7.89. The maximum absolute atomic E-state index is 12.0. The number of rotatable bonds is 9. The van der Waals surface area contributed by atoms with Crippen LogP contribution in [0.3, 0.4) is 0 Å². The van der Waals surface area contributed by atoms with E-state index in [1.165, 1.54) is 12.1 Å². The first-order chi connectivity index (χ1) is 9.60. The summed E-state index contributed by atoms with van der Waals surface area (Å²) < 4.78 is 31.5. The van der Waals surface area contributed by atoms with Crippen molar-refractivity contribution >= 4 is 10.0 Å². The lowest BCUT2D eigenvalue weighted by Crippen LogP contribution is -2.24. The van der Waals surface area contributed by atoms with Crippen LogP contribution in [-0.2, 0) is 21.2 Å². The largest absolute Gasteiger partial charge is 0.385 e. The van der Waals surface area contributed by atoms with E-state index >= 15 is 0 Å². The molecule has 0 spiro atoms. The molecule has 6 heteroatoms. The summed E-state index contributed by atoms with van der Waals surface area (Å²) >= 11 is 0. The van der Waals surface area contributed by atoms with E-state index in [4.69, 9.17) is 10.00 Å². The summed E-state index contributed by atoms with van der Waals surface area (Å²) in [6, 6.07) is 8.41. The molecule has 0 aromatic heterocycles. The third-order valence-electron chi connectivity index (χ3n) is 2.83. The van der Waals surface area contributed by atoms with Gasteiger partial charge in [-0.2, -0.15) is 5.26 Å². The van der Waals surface area contributed by atoms with E-state index in [1.54, 1.807) is 19.2 Å². The molecule has 1 aromatic carbocycles. The van der Waals surface area contributed by atoms with Gasteiger partial charge in [0.15, 0.2) is 0 Å². The van der Waals surface area contributed by atoms with Crippen LogP contribution in [0.4, 0.5) is 0 Å². The van der Waals surface area contributed by atoms with Crippen molar-refractivity contribution < 1.29 is 13.2 Å². The van der Waals surface area contributed by atoms with Crippen molar-refractivity contribution in [1.82, 2.24) is 4.72 Å². The van der Waals surface area contributed by atoms with Crippen molar-refractivity contribution in [1.29, 1.82) is 5.26 Å². The van der Waals surface area contributed by atoms with Gasteiger partial charge in [0, 0.05) is 20.3 Å². The van der Waals surface area contributed by atoms with E-state index in [1.807, 2.05) is 6.07 Å². The molecule has 0 aliphatic carbocycles. The Morgan fingerprint density at radius 3 is 2.50 bits per heavy atom. The normalized spacial score (nSPS) is 11.2. The molecule has 0 radical (unpaired) electrons. The maximum Gasteiger partial charge on any atom is 0.240 e. The van der Waals surface area contributed by atoms with Crippen molar-refractivity contribution in [2.45, 2.75) is 30.6 Å². The van der Waals surface area contributed by atoms with Crippen LogP contribution in [-0.4, -0.2) is 28.7 Å². The summed E-state index contributed by atoms with van der Waals surface area (Å²) in [6.45, 7) is 1.12. The summed E-state index contributed by atoms with van der Waals surface area (Å²) in [6.07, 6.45) is 2.93. The Hall–Kier alpha value is -1.42. The average molecular weight is 296 g/mol. The van der Waals surface area contributed by atoms with Crippen LogP contribution in [0.2, 0.25) is 0 Å². The lowest BCUT2D eigenvalue weighted by molar-refractivity contribution is 0.192. The van der Waals surface area contributed by atoms with E-state index in [0.29, 0.717) is 13.2 Å². The number of sulfonamides is 1. The minimum Gasteiger partial charge on any atom is -0.385 e. The van der Waals surface area contributed by atoms with Crippen molar-refractivity contribution in [2.24, 2.45) is 0 Å². The molecule has 0 saturated carbocycles. The smallest absolute Gasteiger partial charge is 0.240 e. The van der Waals surface area contributed by atoms with Crippen LogP contribution in [0.5, 0.6) is 0 Å². The van der Waals surface area contributed by atoms with Crippen molar-refractivity contribution in [3.8, 4) is 6.07 Å². The van der Waals surface area contributed by atoms with Gasteiger partial charge in [-0.15, -0.1) is 0 Å². The lowest BCUT2D eigenvalue weighted by atomic mass is 10.2. The second-order valence-electron chi connectivity index (χ2n) is 4.43. The third-order valence-corrected chi connectivity index (χ3v) is 4.31. The first-order valence-electron chi connectivity index (χ1n) is 6.54. The number of nitrogens with zero attached hydrogens (tertiary/aromatic N) is 1. The van der Waals surface area contributed by atoms with Gasteiger partial charge < -0.3 is 4.74 Å². The number of nitriles is 1. The Morgan fingerprint density at radius 2 is 1.90 bits per heavy atom. The van der Waals surface area contributed by atoms with E-state index in [-0.39, 0.29) is 11.3 Å². The highest BCUT2D eigenvalue weighted by atomic mass is 32.2. The molecule has 1 aromatic rings. The Morgan fingerprint density at radius 1 is 1.20 bits per heavy atom. The van der Waals surface area contributed by atoms with Crippen LogP contribution in [0.25, 0.3) is 0 Å². The zero-order valence-electron chi connectivity index (χ0n) is 11.6. The zero-order valence-corrected chi connectivity index (χ0v) is 12.4. The summed E-state index contributed by atoms with van der Waals surface area (Å²) in [7, 11) is -1.80. The SMILES string of the molecule is COCCCCCNS(=O)(=O)c1ccc(CC#N)cc1. The highest BCUT2D eigenvalue weighted by Gasteiger charge is 2.12. The van der Waals surface area contributed by atoms with Crippen molar-refractivity contribution in [3.05, 3.63) is 29.8 Å². The van der Waals surface area contributed by atoms with E-state index in [0.717, 1.165) is 24.8 Å². The van der Waals surface area contributed by atoms with Crippen LogP contribution in [0.15, 0.2) is 29.2 Å². The van der Waals surface area contributed by atoms with Crippen molar-refractivity contribution in [2.75, 3.05) is 20.3 Å². The summed E-state index contributed by atoms with van der Waals surface area (Å²) in [5.74, 6) is 0. The molecule has 0 fully saturated rings. The summed E-state index contributed by atoms with van der Waals surface area (Å²) in [5.41, 5.74) is 0.811. The van der Waals surface area contributed by atoms with Gasteiger partial charge in [-0.3, -0.25) is 0 Å². The lowest BCUT2D eigenvalue weighted by Gasteiger charge is -2.07.